The molecule has 0 aliphatic carbocycles. The van der Waals surface area contributed by atoms with Gasteiger partial charge in [0.05, 0.1) is 23.7 Å². The molecule has 6 nitrogen and oxygen atoms in total. The number of hydrogen-bond donors (Lipinski definition) is 1. The molecule has 2 unspecified atom stereocenters. The van der Waals surface area contributed by atoms with Gasteiger partial charge < -0.3 is 15.0 Å². The van der Waals surface area contributed by atoms with Gasteiger partial charge in [0, 0.05) is 19.7 Å². The predicted octanol–water partition coefficient (Wildman–Crippen LogP) is 0.181. The van der Waals surface area contributed by atoms with Crippen molar-refractivity contribution in [3.63, 3.8) is 0 Å². The monoisotopic (exact) mass is 318 g/mol. The molecular formula is C14H26N2O4S. The van der Waals surface area contributed by atoms with Crippen molar-refractivity contribution in [3.8, 4) is 0 Å². The molecule has 2 aliphatic heterocycles. The van der Waals surface area contributed by atoms with Crippen LogP contribution in [0.2, 0.25) is 0 Å². The van der Waals surface area contributed by atoms with E-state index in [1.54, 1.807) is 12.0 Å². The lowest BCUT2D eigenvalue weighted by Crippen LogP contribution is -2.58. The molecule has 7 heteroatoms. The van der Waals surface area contributed by atoms with Gasteiger partial charge in [-0.1, -0.05) is 6.92 Å². The molecule has 2 rings (SSSR count). The van der Waals surface area contributed by atoms with E-state index in [0.29, 0.717) is 19.6 Å². The molecule has 2 atom stereocenters. The first-order chi connectivity index (χ1) is 9.94. The maximum absolute atomic E-state index is 13.0. The number of nitrogens with one attached hydrogen (secondary N) is 1. The first kappa shape index (κ1) is 16.7. The van der Waals surface area contributed by atoms with E-state index in [0.717, 1.165) is 25.8 Å². The number of rotatable bonds is 6. The summed E-state index contributed by atoms with van der Waals surface area (Å²) in [7, 11) is -1.41. The van der Waals surface area contributed by atoms with E-state index in [-0.39, 0.29) is 23.5 Å². The van der Waals surface area contributed by atoms with Crippen LogP contribution in [-0.4, -0.2) is 69.1 Å². The summed E-state index contributed by atoms with van der Waals surface area (Å²) >= 11 is 0. The van der Waals surface area contributed by atoms with Crippen LogP contribution >= 0.6 is 0 Å². The van der Waals surface area contributed by atoms with E-state index in [4.69, 9.17) is 4.74 Å². The van der Waals surface area contributed by atoms with E-state index >= 15 is 0 Å². The van der Waals surface area contributed by atoms with Crippen LogP contribution in [0.25, 0.3) is 0 Å². The highest BCUT2D eigenvalue weighted by atomic mass is 32.2. The Labute approximate surface area is 127 Å². The summed E-state index contributed by atoms with van der Waals surface area (Å²) in [6, 6.07) is -0.205. The van der Waals surface area contributed by atoms with Crippen LogP contribution in [0.1, 0.15) is 32.6 Å². The van der Waals surface area contributed by atoms with Crippen molar-refractivity contribution in [2.24, 2.45) is 0 Å². The van der Waals surface area contributed by atoms with Crippen LogP contribution in [0.15, 0.2) is 0 Å². The van der Waals surface area contributed by atoms with Gasteiger partial charge in [-0.05, 0) is 32.2 Å². The van der Waals surface area contributed by atoms with Gasteiger partial charge >= 0.3 is 0 Å². The summed E-state index contributed by atoms with van der Waals surface area (Å²) in [5.74, 6) is 0.310. The fourth-order valence-corrected chi connectivity index (χ4v) is 5.11. The lowest BCUT2D eigenvalue weighted by Gasteiger charge is -2.37. The van der Waals surface area contributed by atoms with Crippen LogP contribution in [0.4, 0.5) is 0 Å². The fourth-order valence-electron chi connectivity index (χ4n) is 3.38. The molecule has 0 aromatic carbocycles. The quantitative estimate of drug-likeness (QED) is 0.756. The number of amides is 1. The lowest BCUT2D eigenvalue weighted by atomic mass is 9.91. The Morgan fingerprint density at radius 2 is 2.24 bits per heavy atom. The van der Waals surface area contributed by atoms with Crippen molar-refractivity contribution < 1.29 is 17.9 Å². The van der Waals surface area contributed by atoms with Crippen molar-refractivity contribution in [2.75, 3.05) is 38.3 Å². The van der Waals surface area contributed by atoms with Crippen LogP contribution < -0.4 is 5.32 Å². The third-order valence-electron chi connectivity index (χ3n) is 4.70. The number of sulfone groups is 1. The molecule has 2 saturated heterocycles. The van der Waals surface area contributed by atoms with Crippen molar-refractivity contribution in [2.45, 2.75) is 44.2 Å². The van der Waals surface area contributed by atoms with Gasteiger partial charge in [0.25, 0.3) is 0 Å². The Hall–Kier alpha value is -0.660. The van der Waals surface area contributed by atoms with Gasteiger partial charge in [-0.3, -0.25) is 4.79 Å². The van der Waals surface area contributed by atoms with Crippen LogP contribution in [-0.2, 0) is 19.4 Å². The zero-order valence-electron chi connectivity index (χ0n) is 12.9. The minimum Gasteiger partial charge on any atom is -0.383 e. The molecule has 0 aromatic heterocycles. The molecule has 1 N–H and O–H groups in total. The normalized spacial score (nSPS) is 31.4. The fraction of sp³-hybridized carbons (Fsp3) is 0.929. The summed E-state index contributed by atoms with van der Waals surface area (Å²) in [4.78, 5) is 14.8. The number of nitrogens with zero attached hydrogens (tertiary/aromatic N) is 1. The summed E-state index contributed by atoms with van der Waals surface area (Å²) < 4.78 is 28.6. The minimum atomic E-state index is -3.00. The maximum Gasteiger partial charge on any atom is 0.243 e. The Bertz CT molecular complexity index is 471. The van der Waals surface area contributed by atoms with Crippen LogP contribution in [0.3, 0.4) is 0 Å². The molecule has 0 radical (unpaired) electrons. The molecule has 0 spiro atoms. The SMILES string of the molecule is CCC1(C(=O)N(CCOC)C2CCS(=O)(=O)C2)CCCN1. The molecule has 1 amide bonds. The number of ether oxygens (including phenoxy) is 1. The molecule has 0 saturated carbocycles. The summed E-state index contributed by atoms with van der Waals surface area (Å²) in [5.41, 5.74) is -0.514. The Morgan fingerprint density at radius 3 is 2.71 bits per heavy atom. The molecule has 2 heterocycles. The highest BCUT2D eigenvalue weighted by Crippen LogP contribution is 2.28. The van der Waals surface area contributed by atoms with Crippen molar-refractivity contribution in [1.29, 1.82) is 0 Å². The van der Waals surface area contributed by atoms with E-state index < -0.39 is 15.4 Å². The van der Waals surface area contributed by atoms with Gasteiger partial charge in [0.1, 0.15) is 0 Å². The molecule has 122 valence electrons. The van der Waals surface area contributed by atoms with Crippen molar-refractivity contribution in [3.05, 3.63) is 0 Å². The number of methoxy groups -OCH3 is 1. The average molecular weight is 318 g/mol. The first-order valence-electron chi connectivity index (χ1n) is 7.69. The van der Waals surface area contributed by atoms with Gasteiger partial charge in [-0.2, -0.15) is 0 Å². The van der Waals surface area contributed by atoms with E-state index in [1.165, 1.54) is 0 Å². The molecule has 0 bridgehead atoms. The van der Waals surface area contributed by atoms with Crippen LogP contribution in [0.5, 0.6) is 0 Å². The second-order valence-corrected chi connectivity index (χ2v) is 8.24. The summed E-state index contributed by atoms with van der Waals surface area (Å²) in [6.45, 7) is 3.75. The summed E-state index contributed by atoms with van der Waals surface area (Å²) in [5, 5.41) is 3.34. The standard InChI is InChI=1S/C14H26N2O4S/c1-3-14(6-4-7-15-14)13(17)16(8-9-20-2)12-5-10-21(18,19)11-12/h12,15H,3-11H2,1-2H3. The van der Waals surface area contributed by atoms with Gasteiger partial charge in [0.15, 0.2) is 9.84 Å². The third kappa shape index (κ3) is 3.57. The molecule has 2 fully saturated rings. The van der Waals surface area contributed by atoms with Crippen molar-refractivity contribution >= 4 is 15.7 Å². The average Bonchev–Trinajstić information content (AvgIpc) is 3.06. The first-order valence-corrected chi connectivity index (χ1v) is 9.52. The predicted molar refractivity (Wildman–Crippen MR) is 80.9 cm³/mol. The largest absolute Gasteiger partial charge is 0.383 e. The summed E-state index contributed by atoms with van der Waals surface area (Å²) in [6.07, 6.45) is 3.08. The topological polar surface area (TPSA) is 75.7 Å². The molecular weight excluding hydrogens is 292 g/mol. The van der Waals surface area contributed by atoms with Gasteiger partial charge in [0.2, 0.25) is 5.91 Å². The second-order valence-electron chi connectivity index (χ2n) is 6.01. The Balaban J connectivity index is 2.17. The maximum atomic E-state index is 13.0. The number of carbonyl (C=O) groups excluding carboxylic acids is 1. The molecule has 21 heavy (non-hydrogen) atoms. The zero-order chi connectivity index (χ0) is 15.5. The zero-order valence-corrected chi connectivity index (χ0v) is 13.7. The third-order valence-corrected chi connectivity index (χ3v) is 6.45. The Kier molecular flexibility index (Phi) is 5.27. The van der Waals surface area contributed by atoms with E-state index in [1.807, 2.05) is 6.92 Å². The number of carbonyl (C=O) groups is 1. The molecule has 2 aliphatic rings. The Morgan fingerprint density at radius 1 is 1.48 bits per heavy atom. The number of hydrogen-bond acceptors (Lipinski definition) is 5. The second kappa shape index (κ2) is 6.62. The van der Waals surface area contributed by atoms with Crippen LogP contribution in [0, 0.1) is 0 Å². The van der Waals surface area contributed by atoms with Gasteiger partial charge in [-0.25, -0.2) is 8.42 Å². The highest BCUT2D eigenvalue weighted by molar-refractivity contribution is 7.91. The van der Waals surface area contributed by atoms with E-state index in [9.17, 15) is 13.2 Å². The van der Waals surface area contributed by atoms with Gasteiger partial charge in [-0.15, -0.1) is 0 Å². The van der Waals surface area contributed by atoms with E-state index in [2.05, 4.69) is 5.32 Å². The lowest BCUT2D eigenvalue weighted by molar-refractivity contribution is -0.140. The minimum absolute atomic E-state index is 0.0432. The smallest absolute Gasteiger partial charge is 0.243 e. The highest BCUT2D eigenvalue weighted by Gasteiger charge is 2.45. The van der Waals surface area contributed by atoms with Crippen molar-refractivity contribution in [1.82, 2.24) is 10.2 Å². The molecule has 0 aromatic rings.